The fraction of sp³-hybridized carbons (Fsp3) is 0.395. The highest BCUT2D eigenvalue weighted by atomic mass is 32.1. The number of hydrogen-bond donors (Lipinski definition) is 3. The van der Waals surface area contributed by atoms with E-state index in [1.807, 2.05) is 25.3 Å². The van der Waals surface area contributed by atoms with Crippen molar-refractivity contribution in [1.29, 1.82) is 0 Å². The number of aryl methyl sites for hydroxylation is 1. The van der Waals surface area contributed by atoms with E-state index < -0.39 is 29.7 Å². The van der Waals surface area contributed by atoms with Gasteiger partial charge in [0.2, 0.25) is 0 Å². The fourth-order valence-electron chi connectivity index (χ4n) is 6.15. The lowest BCUT2D eigenvalue weighted by atomic mass is 9.97. The third-order valence-electron chi connectivity index (χ3n) is 8.84. The van der Waals surface area contributed by atoms with E-state index in [9.17, 15) is 23.5 Å². The van der Waals surface area contributed by atoms with Crippen molar-refractivity contribution in [2.24, 2.45) is 0 Å². The molecule has 1 saturated carbocycles. The summed E-state index contributed by atoms with van der Waals surface area (Å²) in [5.74, 6) is -2.17. The number of nitrogens with one attached hydrogen (secondary N) is 2. The van der Waals surface area contributed by atoms with Crippen LogP contribution >= 0.6 is 11.3 Å². The van der Waals surface area contributed by atoms with E-state index in [1.54, 1.807) is 29.3 Å². The maximum absolute atomic E-state index is 14.2. The number of carbonyl (C=O) groups is 2. The van der Waals surface area contributed by atoms with Gasteiger partial charge in [-0.2, -0.15) is 0 Å². The van der Waals surface area contributed by atoms with Gasteiger partial charge in [0.1, 0.15) is 16.6 Å². The highest BCUT2D eigenvalue weighted by molar-refractivity contribution is 7.13. The monoisotopic (exact) mass is 674 g/mol. The lowest BCUT2D eigenvalue weighted by Crippen LogP contribution is -2.50. The molecule has 254 valence electrons. The number of nitrogens with zero attached hydrogens (tertiary/aromatic N) is 2. The summed E-state index contributed by atoms with van der Waals surface area (Å²) in [5.41, 5.74) is 3.63. The Morgan fingerprint density at radius 1 is 0.958 bits per heavy atom. The lowest BCUT2D eigenvalue weighted by Gasteiger charge is -2.28. The van der Waals surface area contributed by atoms with Crippen molar-refractivity contribution in [3.05, 3.63) is 112 Å². The van der Waals surface area contributed by atoms with Crippen molar-refractivity contribution in [2.75, 3.05) is 19.6 Å². The maximum Gasteiger partial charge on any atom is 0.253 e. The van der Waals surface area contributed by atoms with Gasteiger partial charge in [0, 0.05) is 59.5 Å². The second kappa shape index (κ2) is 15.9. The molecule has 48 heavy (non-hydrogen) atoms. The number of aliphatic hydroxyl groups excluding tert-OH is 1. The van der Waals surface area contributed by atoms with E-state index in [1.165, 1.54) is 29.0 Å². The van der Waals surface area contributed by atoms with Crippen LogP contribution in [0.2, 0.25) is 0 Å². The lowest BCUT2D eigenvalue weighted by molar-refractivity contribution is 0.0755. The SMILES string of the molecule is CCCN(CCC)C(=O)c1cc(C(=O)N[C@@H](Cc2cc(F)cc(F)c2)[C@H](O)CNC2(c3cccc(CC)c3)CC2)cc(-c2nccs2)c1. The average molecular weight is 675 g/mol. The van der Waals surface area contributed by atoms with Crippen molar-refractivity contribution in [3.8, 4) is 10.6 Å². The Morgan fingerprint density at radius 3 is 2.29 bits per heavy atom. The second-order valence-corrected chi connectivity index (χ2v) is 13.5. The molecule has 0 bridgehead atoms. The number of aromatic nitrogens is 1. The van der Waals surface area contributed by atoms with Gasteiger partial charge < -0.3 is 20.6 Å². The fourth-order valence-corrected chi connectivity index (χ4v) is 6.78. The van der Waals surface area contributed by atoms with Crippen molar-refractivity contribution in [2.45, 2.75) is 77.0 Å². The van der Waals surface area contributed by atoms with E-state index in [0.29, 0.717) is 34.8 Å². The van der Waals surface area contributed by atoms with Crippen LogP contribution in [-0.4, -0.2) is 58.6 Å². The Kier molecular flexibility index (Phi) is 11.7. The summed E-state index contributed by atoms with van der Waals surface area (Å²) >= 11 is 1.40. The molecule has 1 fully saturated rings. The summed E-state index contributed by atoms with van der Waals surface area (Å²) in [6.45, 7) is 7.45. The van der Waals surface area contributed by atoms with Crippen LogP contribution in [0.5, 0.6) is 0 Å². The van der Waals surface area contributed by atoms with E-state index in [4.69, 9.17) is 0 Å². The molecule has 3 N–H and O–H groups in total. The summed E-state index contributed by atoms with van der Waals surface area (Å²) in [6, 6.07) is 15.7. The predicted molar refractivity (Wildman–Crippen MR) is 186 cm³/mol. The van der Waals surface area contributed by atoms with Gasteiger partial charge in [-0.05, 0) is 85.5 Å². The van der Waals surface area contributed by atoms with Crippen LogP contribution in [-0.2, 0) is 18.4 Å². The highest BCUT2D eigenvalue weighted by Crippen LogP contribution is 2.45. The molecule has 7 nitrogen and oxygen atoms in total. The van der Waals surface area contributed by atoms with Gasteiger partial charge in [0.15, 0.2) is 0 Å². The number of amides is 2. The summed E-state index contributed by atoms with van der Waals surface area (Å²) in [7, 11) is 0. The van der Waals surface area contributed by atoms with Gasteiger partial charge in [-0.1, -0.05) is 45.0 Å². The average Bonchev–Trinajstić information content (AvgIpc) is 3.67. The van der Waals surface area contributed by atoms with Crippen molar-refractivity contribution >= 4 is 23.2 Å². The standard InChI is InChI=1S/C38H44F2N4O3S/c1-4-13-44(14-5-2)37(47)29-21-27(20-28(22-29)36-41-12-15-48-36)35(46)43-33(19-26-17-31(39)23-32(40)18-26)34(45)24-42-38(10-11-38)30-9-7-8-25(6-3)16-30/h7-9,12,15-18,20-23,33-34,42,45H,4-6,10-11,13-14,19,24H2,1-3H3,(H,43,46)/t33-,34+/m0/s1. The van der Waals surface area contributed by atoms with Gasteiger partial charge in [0.05, 0.1) is 12.1 Å². The number of halogens is 2. The zero-order valence-electron chi connectivity index (χ0n) is 27.8. The minimum Gasteiger partial charge on any atom is -0.390 e. The van der Waals surface area contributed by atoms with E-state index in [2.05, 4.69) is 40.7 Å². The molecule has 0 unspecified atom stereocenters. The third kappa shape index (κ3) is 8.72. The summed E-state index contributed by atoms with van der Waals surface area (Å²) in [6.07, 6.45) is 4.88. The Balaban J connectivity index is 1.42. The van der Waals surface area contributed by atoms with Crippen LogP contribution in [0.4, 0.5) is 8.78 Å². The van der Waals surface area contributed by atoms with Crippen LogP contribution in [0.3, 0.4) is 0 Å². The molecule has 0 saturated heterocycles. The normalized spacial score (nSPS) is 14.7. The first-order valence-electron chi connectivity index (χ1n) is 16.8. The molecule has 10 heteroatoms. The number of hydrogen-bond acceptors (Lipinski definition) is 6. The largest absolute Gasteiger partial charge is 0.390 e. The number of thiazole rings is 1. The predicted octanol–water partition coefficient (Wildman–Crippen LogP) is 6.89. The molecule has 0 radical (unpaired) electrons. The smallest absolute Gasteiger partial charge is 0.253 e. The van der Waals surface area contributed by atoms with Crippen LogP contribution in [0.25, 0.3) is 10.6 Å². The maximum atomic E-state index is 14.2. The molecule has 1 aliphatic carbocycles. The van der Waals surface area contributed by atoms with Gasteiger partial charge >= 0.3 is 0 Å². The Labute approximate surface area is 285 Å². The first kappa shape index (κ1) is 35.3. The van der Waals surface area contributed by atoms with E-state index in [-0.39, 0.29) is 30.0 Å². The van der Waals surface area contributed by atoms with Crippen LogP contribution in [0.15, 0.2) is 72.2 Å². The minimum atomic E-state index is -1.10. The van der Waals surface area contributed by atoms with Gasteiger partial charge in [-0.25, -0.2) is 13.8 Å². The molecule has 1 heterocycles. The summed E-state index contributed by atoms with van der Waals surface area (Å²) < 4.78 is 28.4. The van der Waals surface area contributed by atoms with Crippen molar-refractivity contribution in [1.82, 2.24) is 20.5 Å². The van der Waals surface area contributed by atoms with Gasteiger partial charge in [-0.3, -0.25) is 9.59 Å². The van der Waals surface area contributed by atoms with Gasteiger partial charge in [0.25, 0.3) is 11.8 Å². The molecule has 1 aromatic heterocycles. The number of carbonyl (C=O) groups excluding carboxylic acids is 2. The Morgan fingerprint density at radius 2 is 1.67 bits per heavy atom. The first-order valence-corrected chi connectivity index (χ1v) is 17.6. The van der Waals surface area contributed by atoms with Crippen LogP contribution < -0.4 is 10.6 Å². The number of aliphatic hydroxyl groups is 1. The zero-order valence-corrected chi connectivity index (χ0v) is 28.6. The third-order valence-corrected chi connectivity index (χ3v) is 9.66. The summed E-state index contributed by atoms with van der Waals surface area (Å²) in [4.78, 5) is 33.8. The molecule has 4 aromatic rings. The minimum absolute atomic E-state index is 0.0136. The van der Waals surface area contributed by atoms with Crippen LogP contribution in [0.1, 0.15) is 83.9 Å². The molecule has 2 atom stereocenters. The number of benzene rings is 3. The van der Waals surface area contributed by atoms with Crippen LogP contribution in [0, 0.1) is 11.6 Å². The molecule has 0 spiro atoms. The quantitative estimate of drug-likeness (QED) is 0.120. The van der Waals surface area contributed by atoms with Crippen molar-refractivity contribution < 1.29 is 23.5 Å². The molecular weight excluding hydrogens is 631 g/mol. The molecule has 2 amide bonds. The van der Waals surface area contributed by atoms with E-state index >= 15 is 0 Å². The topological polar surface area (TPSA) is 94.6 Å². The Bertz CT molecular complexity index is 1680. The molecule has 1 aliphatic rings. The Hall–Kier alpha value is -3.99. The zero-order chi connectivity index (χ0) is 34.3. The molecule has 5 rings (SSSR count). The van der Waals surface area contributed by atoms with Gasteiger partial charge in [-0.15, -0.1) is 11.3 Å². The van der Waals surface area contributed by atoms with Crippen molar-refractivity contribution in [3.63, 3.8) is 0 Å². The first-order chi connectivity index (χ1) is 23.1. The highest BCUT2D eigenvalue weighted by Gasteiger charge is 2.44. The summed E-state index contributed by atoms with van der Waals surface area (Å²) in [5, 5.41) is 20.5. The molecule has 0 aliphatic heterocycles. The van der Waals surface area contributed by atoms with E-state index in [0.717, 1.165) is 43.7 Å². The second-order valence-electron chi connectivity index (χ2n) is 12.6. The molecule has 3 aromatic carbocycles. The number of rotatable bonds is 16. The molecular formula is C38H44F2N4O3S.